The first kappa shape index (κ1) is 32.0. The fourth-order valence-electron chi connectivity index (χ4n) is 5.13. The summed E-state index contributed by atoms with van der Waals surface area (Å²) < 4.78 is 0. The van der Waals surface area contributed by atoms with E-state index in [0.717, 1.165) is 17.8 Å². The Morgan fingerprint density at radius 1 is 0.312 bits per heavy atom. The summed E-state index contributed by atoms with van der Waals surface area (Å²) in [6, 6.07) is 0. The molecule has 0 nitrogen and oxygen atoms in total. The van der Waals surface area contributed by atoms with Crippen LogP contribution in [-0.4, -0.2) is 0 Å². The monoisotopic (exact) mass is 451 g/mol. The molecule has 0 aliphatic rings. The maximum Gasteiger partial charge on any atom is -0.0417 e. The molecule has 0 aliphatic heterocycles. The fourth-order valence-corrected chi connectivity index (χ4v) is 5.13. The van der Waals surface area contributed by atoms with Crippen molar-refractivity contribution in [2.24, 2.45) is 17.8 Å². The summed E-state index contributed by atoms with van der Waals surface area (Å²) in [5.41, 5.74) is 0. The van der Waals surface area contributed by atoms with Crippen LogP contribution >= 0.6 is 0 Å². The van der Waals surface area contributed by atoms with Crippen molar-refractivity contribution in [2.75, 3.05) is 0 Å². The summed E-state index contributed by atoms with van der Waals surface area (Å²) in [6.07, 6.45) is 35.2. The molecule has 0 amide bonds. The van der Waals surface area contributed by atoms with Gasteiger partial charge >= 0.3 is 0 Å². The summed E-state index contributed by atoms with van der Waals surface area (Å²) in [5.74, 6) is 2.76. The van der Waals surface area contributed by atoms with Crippen LogP contribution in [0, 0.1) is 17.8 Å². The second-order valence-electron chi connectivity index (χ2n) is 11.8. The van der Waals surface area contributed by atoms with E-state index in [4.69, 9.17) is 0 Å². The second-order valence-corrected chi connectivity index (χ2v) is 11.8. The van der Waals surface area contributed by atoms with Crippen LogP contribution in [0.4, 0.5) is 0 Å². The molecular weight excluding hydrogens is 384 g/mol. The zero-order chi connectivity index (χ0) is 23.7. The highest BCUT2D eigenvalue weighted by Crippen LogP contribution is 2.24. The smallest absolute Gasteiger partial charge is 0.0417 e. The Balaban J connectivity index is 3.29. The lowest BCUT2D eigenvalue weighted by molar-refractivity contribution is 0.322. The molecule has 0 aromatic rings. The van der Waals surface area contributed by atoms with Gasteiger partial charge in [0.1, 0.15) is 0 Å². The summed E-state index contributed by atoms with van der Waals surface area (Å²) >= 11 is 0. The van der Waals surface area contributed by atoms with Gasteiger partial charge in [0.05, 0.1) is 0 Å². The zero-order valence-electron chi connectivity index (χ0n) is 23.7. The van der Waals surface area contributed by atoms with Gasteiger partial charge in [0.25, 0.3) is 0 Å². The third-order valence-corrected chi connectivity index (χ3v) is 7.93. The van der Waals surface area contributed by atoms with Crippen LogP contribution in [0.5, 0.6) is 0 Å². The van der Waals surface area contributed by atoms with Crippen molar-refractivity contribution >= 4 is 0 Å². The van der Waals surface area contributed by atoms with E-state index in [2.05, 4.69) is 34.6 Å². The third-order valence-electron chi connectivity index (χ3n) is 7.93. The van der Waals surface area contributed by atoms with Crippen LogP contribution in [0.15, 0.2) is 0 Å². The van der Waals surface area contributed by atoms with Crippen molar-refractivity contribution in [2.45, 2.75) is 189 Å². The first-order chi connectivity index (χ1) is 15.6. The van der Waals surface area contributed by atoms with Gasteiger partial charge in [-0.1, -0.05) is 189 Å². The van der Waals surface area contributed by atoms with Crippen LogP contribution in [-0.2, 0) is 0 Å². The molecule has 0 heterocycles. The predicted molar refractivity (Wildman–Crippen MR) is 150 cm³/mol. The van der Waals surface area contributed by atoms with E-state index in [1.807, 2.05) is 0 Å². The average molecular weight is 451 g/mol. The van der Waals surface area contributed by atoms with Crippen molar-refractivity contribution in [3.8, 4) is 0 Å². The molecule has 0 saturated carbocycles. The highest BCUT2D eigenvalue weighted by Gasteiger charge is 2.11. The minimum absolute atomic E-state index is 0.894. The Bertz CT molecular complexity index is 331. The molecule has 0 spiro atoms. The molecule has 0 aliphatic carbocycles. The Morgan fingerprint density at radius 3 is 0.844 bits per heavy atom. The van der Waals surface area contributed by atoms with E-state index >= 15 is 0 Å². The standard InChI is InChI=1S/C32H66/c1-6-7-8-9-10-11-16-19-22-25-28-31(4)32(5)29-26-23-20-17-14-12-13-15-18-21-24-27-30(2)3/h30-32H,6-29H2,1-5H3. The van der Waals surface area contributed by atoms with Gasteiger partial charge in [-0.2, -0.15) is 0 Å². The summed E-state index contributed by atoms with van der Waals surface area (Å²) in [5, 5.41) is 0. The Labute approximate surface area is 206 Å². The Hall–Kier alpha value is 0. The molecule has 0 aromatic carbocycles. The molecule has 0 N–H and O–H groups in total. The predicted octanol–water partition coefficient (Wildman–Crippen LogP) is 12.3. The summed E-state index contributed by atoms with van der Waals surface area (Å²) in [7, 11) is 0. The lowest BCUT2D eigenvalue weighted by Gasteiger charge is -2.19. The van der Waals surface area contributed by atoms with Gasteiger partial charge in [-0.05, 0) is 17.8 Å². The molecule has 2 unspecified atom stereocenters. The highest BCUT2D eigenvalue weighted by atomic mass is 14.2. The summed E-state index contributed by atoms with van der Waals surface area (Å²) in [4.78, 5) is 0. The van der Waals surface area contributed by atoms with Crippen LogP contribution < -0.4 is 0 Å². The average Bonchev–Trinajstić information content (AvgIpc) is 2.77. The molecule has 194 valence electrons. The van der Waals surface area contributed by atoms with Crippen molar-refractivity contribution in [1.29, 1.82) is 0 Å². The van der Waals surface area contributed by atoms with E-state index in [0.29, 0.717) is 0 Å². The first-order valence-corrected chi connectivity index (χ1v) is 15.6. The number of hydrogen-bond acceptors (Lipinski definition) is 0. The molecule has 0 radical (unpaired) electrons. The fraction of sp³-hybridized carbons (Fsp3) is 1.00. The van der Waals surface area contributed by atoms with Gasteiger partial charge in [-0.3, -0.25) is 0 Å². The first-order valence-electron chi connectivity index (χ1n) is 15.6. The Morgan fingerprint density at radius 2 is 0.562 bits per heavy atom. The molecule has 2 atom stereocenters. The summed E-state index contributed by atoms with van der Waals surface area (Å²) in [6.45, 7) is 12.0. The number of rotatable bonds is 26. The van der Waals surface area contributed by atoms with Gasteiger partial charge in [0.2, 0.25) is 0 Å². The van der Waals surface area contributed by atoms with E-state index in [1.54, 1.807) is 0 Å². The van der Waals surface area contributed by atoms with Crippen molar-refractivity contribution < 1.29 is 0 Å². The lowest BCUT2D eigenvalue weighted by Crippen LogP contribution is -2.08. The van der Waals surface area contributed by atoms with Crippen molar-refractivity contribution in [1.82, 2.24) is 0 Å². The van der Waals surface area contributed by atoms with Crippen LogP contribution in [0.1, 0.15) is 189 Å². The third kappa shape index (κ3) is 24.6. The van der Waals surface area contributed by atoms with Gasteiger partial charge in [-0.25, -0.2) is 0 Å². The van der Waals surface area contributed by atoms with E-state index in [1.165, 1.54) is 154 Å². The van der Waals surface area contributed by atoms with Crippen LogP contribution in [0.25, 0.3) is 0 Å². The molecular formula is C32H66. The normalized spacial score (nSPS) is 13.7. The largest absolute Gasteiger partial charge is 0.0654 e. The molecule has 0 fully saturated rings. The molecule has 0 saturated heterocycles. The van der Waals surface area contributed by atoms with E-state index in [9.17, 15) is 0 Å². The maximum absolute atomic E-state index is 2.52. The van der Waals surface area contributed by atoms with Crippen molar-refractivity contribution in [3.05, 3.63) is 0 Å². The number of hydrogen-bond donors (Lipinski definition) is 0. The SMILES string of the molecule is CCCCCCCCCCCCC(C)C(C)CCCCCCCCCCCCCC(C)C. The van der Waals surface area contributed by atoms with Crippen LogP contribution in [0.2, 0.25) is 0 Å². The van der Waals surface area contributed by atoms with Crippen LogP contribution in [0.3, 0.4) is 0 Å². The molecule has 0 aromatic heterocycles. The molecule has 0 bridgehead atoms. The van der Waals surface area contributed by atoms with Gasteiger partial charge in [0.15, 0.2) is 0 Å². The van der Waals surface area contributed by atoms with Gasteiger partial charge in [0, 0.05) is 0 Å². The lowest BCUT2D eigenvalue weighted by atomic mass is 9.86. The van der Waals surface area contributed by atoms with Crippen molar-refractivity contribution in [3.63, 3.8) is 0 Å². The van der Waals surface area contributed by atoms with Gasteiger partial charge in [-0.15, -0.1) is 0 Å². The topological polar surface area (TPSA) is 0 Å². The Kier molecular flexibility index (Phi) is 25.6. The highest BCUT2D eigenvalue weighted by molar-refractivity contribution is 4.63. The second kappa shape index (κ2) is 25.6. The molecule has 0 rings (SSSR count). The number of unbranched alkanes of at least 4 members (excludes halogenated alkanes) is 19. The molecule has 0 heteroatoms. The minimum Gasteiger partial charge on any atom is -0.0654 e. The zero-order valence-corrected chi connectivity index (χ0v) is 23.7. The van der Waals surface area contributed by atoms with Gasteiger partial charge < -0.3 is 0 Å². The molecule has 32 heavy (non-hydrogen) atoms. The maximum atomic E-state index is 2.52. The minimum atomic E-state index is 0.894. The quantitative estimate of drug-likeness (QED) is 0.115. The van der Waals surface area contributed by atoms with E-state index < -0.39 is 0 Å². The van der Waals surface area contributed by atoms with E-state index in [-0.39, 0.29) is 0 Å².